The summed E-state index contributed by atoms with van der Waals surface area (Å²) in [6, 6.07) is 6.44. The highest BCUT2D eigenvalue weighted by molar-refractivity contribution is 5.98. The molecule has 3 heterocycles. The van der Waals surface area contributed by atoms with E-state index in [0.717, 1.165) is 10.9 Å². The standard InChI is InChI=1S/C50H70N18O9/c1-28(69)62-35(14-8-20-58-49(52)53)43(72)64-36-15-7-19-57-41(70)18-17-34(42(51)71)63-47(76)39(23-30-25-60-33-13-6-5-12-32(30)33)67-44(73)37(16-9-21-59-50(54)55)65-46(75)38(22-29-10-3-2-4-11-29)66-48(77)40(68-45(36)74)24-31-26-56-27-61-31/h2-6,10-13,25-27,34-40,60H,7-9,14-24H2,1H3,(H2,51,71)(H,56,61)(H,57,70)(H,62,69)(H,63,76)(H,64,72)(H,65,75)(H,66,77)(H,67,73)(H,68,74)(H4,52,53,58)(H4,54,55,59)/t34-,35?,36-,37-,38+,39-,40-/m0/s1. The van der Waals surface area contributed by atoms with E-state index in [4.69, 9.17) is 28.7 Å². The minimum atomic E-state index is -1.43. The number of primary amides is 1. The molecule has 0 spiro atoms. The number of nitrogens with zero attached hydrogens (tertiary/aromatic N) is 3. The number of fused-ring (bicyclic) bond motifs is 1. The predicted molar refractivity (Wildman–Crippen MR) is 284 cm³/mol. The van der Waals surface area contributed by atoms with Crippen LogP contribution in [0.4, 0.5) is 0 Å². The molecule has 2 aromatic heterocycles. The molecule has 2 aromatic carbocycles. The van der Waals surface area contributed by atoms with Crippen LogP contribution in [0, 0.1) is 0 Å². The number of carbonyl (C=O) groups is 9. The van der Waals surface area contributed by atoms with Crippen LogP contribution >= 0.6 is 0 Å². The lowest BCUT2D eigenvalue weighted by atomic mass is 10.0. The molecule has 0 aliphatic carbocycles. The maximum absolute atomic E-state index is 14.7. The van der Waals surface area contributed by atoms with Crippen molar-refractivity contribution in [2.24, 2.45) is 38.7 Å². The lowest BCUT2D eigenvalue weighted by Crippen LogP contribution is -2.60. The molecular weight excluding hydrogens is 997 g/mol. The number of nitrogens with one attached hydrogen (secondary N) is 10. The van der Waals surface area contributed by atoms with Crippen LogP contribution in [-0.4, -0.2) is 142 Å². The van der Waals surface area contributed by atoms with Gasteiger partial charge in [0.1, 0.15) is 42.3 Å². The van der Waals surface area contributed by atoms with E-state index in [1.54, 1.807) is 42.6 Å². The van der Waals surface area contributed by atoms with Gasteiger partial charge in [-0.3, -0.25) is 53.1 Å². The van der Waals surface area contributed by atoms with E-state index in [1.807, 2.05) is 18.2 Å². The Kier molecular flexibility index (Phi) is 22.7. The molecule has 9 amide bonds. The summed E-state index contributed by atoms with van der Waals surface area (Å²) in [5.74, 6) is -7.34. The molecule has 0 radical (unpaired) electrons. The Balaban J connectivity index is 1.54. The molecule has 4 aromatic rings. The smallest absolute Gasteiger partial charge is 0.243 e. The number of imidazole rings is 1. The van der Waals surface area contributed by atoms with Crippen molar-refractivity contribution in [3.05, 3.63) is 90.1 Å². The number of H-pyrrole nitrogens is 2. The highest BCUT2D eigenvalue weighted by Gasteiger charge is 2.35. The normalized spacial score (nSPS) is 20.8. The Morgan fingerprint density at radius 1 is 0.701 bits per heavy atom. The summed E-state index contributed by atoms with van der Waals surface area (Å²) < 4.78 is 0. The van der Waals surface area contributed by atoms with Crippen molar-refractivity contribution >= 4 is 76.0 Å². The van der Waals surface area contributed by atoms with Crippen molar-refractivity contribution in [1.29, 1.82) is 0 Å². The van der Waals surface area contributed by atoms with Crippen LogP contribution in [0.2, 0.25) is 0 Å². The molecule has 1 saturated heterocycles. The van der Waals surface area contributed by atoms with Crippen LogP contribution < -0.4 is 71.2 Å². The Morgan fingerprint density at radius 2 is 1.31 bits per heavy atom. The molecule has 0 bridgehead atoms. The number of nitrogens with two attached hydrogens (primary N) is 5. The molecule has 27 nitrogen and oxygen atoms in total. The number of amides is 9. The van der Waals surface area contributed by atoms with Crippen LogP contribution in [-0.2, 0) is 62.4 Å². The van der Waals surface area contributed by atoms with Crippen molar-refractivity contribution in [1.82, 2.24) is 57.5 Å². The van der Waals surface area contributed by atoms with Crippen molar-refractivity contribution in [3.8, 4) is 0 Å². The zero-order chi connectivity index (χ0) is 55.9. The van der Waals surface area contributed by atoms with E-state index < -0.39 is 95.5 Å². The summed E-state index contributed by atoms with van der Waals surface area (Å²) in [6.45, 7) is 1.35. The van der Waals surface area contributed by atoms with Gasteiger partial charge in [0.05, 0.1) is 6.33 Å². The summed E-state index contributed by atoms with van der Waals surface area (Å²) in [5.41, 5.74) is 30.2. The van der Waals surface area contributed by atoms with Crippen LogP contribution in [0.25, 0.3) is 10.9 Å². The third kappa shape index (κ3) is 19.6. The van der Waals surface area contributed by atoms with Gasteiger partial charge < -0.3 is 81.2 Å². The number of hydrogen-bond donors (Lipinski definition) is 15. The second-order valence-electron chi connectivity index (χ2n) is 18.5. The van der Waals surface area contributed by atoms with Gasteiger partial charge >= 0.3 is 0 Å². The fourth-order valence-electron chi connectivity index (χ4n) is 8.49. The lowest BCUT2D eigenvalue weighted by Gasteiger charge is -2.28. The Labute approximate surface area is 443 Å². The highest BCUT2D eigenvalue weighted by atomic mass is 16.2. The van der Waals surface area contributed by atoms with Crippen molar-refractivity contribution in [3.63, 3.8) is 0 Å². The Hall–Kier alpha value is -9.04. The van der Waals surface area contributed by atoms with E-state index in [1.165, 1.54) is 19.4 Å². The summed E-state index contributed by atoms with van der Waals surface area (Å²) in [5, 5.41) is 22.3. The lowest BCUT2D eigenvalue weighted by molar-refractivity contribution is -0.135. The number of aliphatic imine (C=N–C) groups is 2. The molecular formula is C50H70N18O9. The third-order valence-electron chi connectivity index (χ3n) is 12.4. The number of para-hydroxylation sites is 1. The average Bonchev–Trinajstić information content (AvgIpc) is 4.07. The van der Waals surface area contributed by atoms with Crippen molar-refractivity contribution < 1.29 is 43.2 Å². The van der Waals surface area contributed by atoms with Crippen LogP contribution in [0.3, 0.4) is 0 Å². The molecule has 77 heavy (non-hydrogen) atoms. The summed E-state index contributed by atoms with van der Waals surface area (Å²) in [6.07, 6.45) is 3.90. The largest absolute Gasteiger partial charge is 0.370 e. The summed E-state index contributed by atoms with van der Waals surface area (Å²) in [7, 11) is 0. The van der Waals surface area contributed by atoms with Gasteiger partial charge in [0.2, 0.25) is 53.2 Å². The van der Waals surface area contributed by atoms with Crippen molar-refractivity contribution in [2.45, 2.75) is 120 Å². The number of rotatable bonds is 18. The number of carbonyl (C=O) groups excluding carboxylic acids is 9. The average molecular weight is 1070 g/mol. The molecule has 1 aliphatic rings. The maximum atomic E-state index is 14.7. The molecule has 1 unspecified atom stereocenters. The van der Waals surface area contributed by atoms with Gasteiger partial charge in [0.25, 0.3) is 0 Å². The molecule has 1 aliphatic heterocycles. The van der Waals surface area contributed by atoms with Gasteiger partial charge in [0, 0.05) is 81.2 Å². The molecule has 5 rings (SSSR count). The van der Waals surface area contributed by atoms with Crippen LogP contribution in [0.5, 0.6) is 0 Å². The highest BCUT2D eigenvalue weighted by Crippen LogP contribution is 2.20. The number of aromatic nitrogens is 3. The minimum Gasteiger partial charge on any atom is -0.370 e. The first-order chi connectivity index (χ1) is 36.9. The van der Waals surface area contributed by atoms with Crippen LogP contribution in [0.15, 0.2) is 83.3 Å². The Morgan fingerprint density at radius 3 is 1.97 bits per heavy atom. The van der Waals surface area contributed by atoms with E-state index >= 15 is 0 Å². The number of benzene rings is 2. The fraction of sp³-hybridized carbons (Fsp3) is 0.440. The summed E-state index contributed by atoms with van der Waals surface area (Å²) >= 11 is 0. The van der Waals surface area contributed by atoms with E-state index in [9.17, 15) is 43.2 Å². The van der Waals surface area contributed by atoms with E-state index in [-0.39, 0.29) is 102 Å². The topological polar surface area (TPSA) is 449 Å². The van der Waals surface area contributed by atoms with Gasteiger partial charge in [-0.25, -0.2) is 4.98 Å². The second-order valence-corrected chi connectivity index (χ2v) is 18.5. The van der Waals surface area contributed by atoms with Gasteiger partial charge in [-0.05, 0) is 62.1 Å². The fourth-order valence-corrected chi connectivity index (χ4v) is 8.49. The third-order valence-corrected chi connectivity index (χ3v) is 12.4. The first-order valence-corrected chi connectivity index (χ1v) is 25.2. The molecule has 7 atom stereocenters. The SMILES string of the molecule is CC(=O)NC(CCCN=C(N)N)C(=O)N[C@H]1CCCNC(=O)CC[C@@H](C(N)=O)NC(=O)[C@H](Cc2c[nH]c3ccccc23)NC(=O)[C@H](CCCN=C(N)N)NC(=O)[C@@H](Cc2ccccc2)NC(=O)[C@H](Cc2cnc[nH]2)NC1=O. The van der Waals surface area contributed by atoms with E-state index in [0.29, 0.717) is 16.8 Å². The minimum absolute atomic E-state index is 0.0418. The van der Waals surface area contributed by atoms with Crippen LogP contribution in [0.1, 0.15) is 75.1 Å². The molecule has 0 saturated carbocycles. The first kappa shape index (κ1) is 58.8. The van der Waals surface area contributed by atoms with Gasteiger partial charge in [-0.15, -0.1) is 0 Å². The maximum Gasteiger partial charge on any atom is 0.243 e. The zero-order valence-corrected chi connectivity index (χ0v) is 42.8. The number of hydrogen-bond acceptors (Lipinski definition) is 12. The molecule has 414 valence electrons. The molecule has 27 heteroatoms. The first-order valence-electron chi connectivity index (χ1n) is 25.2. The number of guanidine groups is 2. The van der Waals surface area contributed by atoms with Crippen molar-refractivity contribution in [2.75, 3.05) is 19.6 Å². The predicted octanol–water partition coefficient (Wildman–Crippen LogP) is -3.38. The van der Waals surface area contributed by atoms with E-state index in [2.05, 4.69) is 67.5 Å². The summed E-state index contributed by atoms with van der Waals surface area (Å²) in [4.78, 5) is 143. The quantitative estimate of drug-likeness (QED) is 0.0263. The van der Waals surface area contributed by atoms with Gasteiger partial charge in [-0.2, -0.15) is 0 Å². The zero-order valence-electron chi connectivity index (χ0n) is 42.8. The Bertz CT molecular complexity index is 2720. The van der Waals surface area contributed by atoms with Gasteiger partial charge in [0.15, 0.2) is 11.9 Å². The molecule has 1 fully saturated rings. The molecule has 20 N–H and O–H groups in total. The second kappa shape index (κ2) is 29.7. The number of aromatic amines is 2. The monoisotopic (exact) mass is 1070 g/mol. The van der Waals surface area contributed by atoms with Gasteiger partial charge in [-0.1, -0.05) is 48.5 Å².